The third-order valence-corrected chi connectivity index (χ3v) is 5.29. The number of nitriles is 1. The van der Waals surface area contributed by atoms with Crippen molar-refractivity contribution in [3.63, 3.8) is 0 Å². The number of hydrogen-bond acceptors (Lipinski definition) is 6. The molecule has 176 valence electrons. The zero-order valence-corrected chi connectivity index (χ0v) is 18.9. The molecule has 2 amide bonds. The van der Waals surface area contributed by atoms with Gasteiger partial charge in [-0.25, -0.2) is 9.80 Å². The number of aldehydes is 1. The van der Waals surface area contributed by atoms with Gasteiger partial charge in [0.05, 0.1) is 27.9 Å². The summed E-state index contributed by atoms with van der Waals surface area (Å²) in [4.78, 5) is 48.5. The van der Waals surface area contributed by atoms with Crippen molar-refractivity contribution in [1.29, 1.82) is 5.26 Å². The molecule has 3 rings (SSSR count). The normalized spacial score (nSPS) is 11.0. The number of hydrogen-bond donors (Lipinski definition) is 3. The van der Waals surface area contributed by atoms with E-state index < -0.39 is 23.8 Å². The highest BCUT2D eigenvalue weighted by atomic mass is 35.5. The molecule has 0 aromatic heterocycles. The van der Waals surface area contributed by atoms with E-state index in [9.17, 15) is 24.4 Å². The van der Waals surface area contributed by atoms with Gasteiger partial charge in [0.15, 0.2) is 0 Å². The van der Waals surface area contributed by atoms with Crippen LogP contribution in [0.15, 0.2) is 72.8 Å². The molecule has 9 nitrogen and oxygen atoms in total. The largest absolute Gasteiger partial charge is 0.478 e. The van der Waals surface area contributed by atoms with Gasteiger partial charge < -0.3 is 10.4 Å². The van der Waals surface area contributed by atoms with E-state index >= 15 is 0 Å². The van der Waals surface area contributed by atoms with Crippen LogP contribution in [0.25, 0.3) is 0 Å². The quantitative estimate of drug-likeness (QED) is 0.237. The first-order valence-electron chi connectivity index (χ1n) is 10.2. The first-order valence-corrected chi connectivity index (χ1v) is 10.6. The summed E-state index contributed by atoms with van der Waals surface area (Å²) in [7, 11) is 0. The van der Waals surface area contributed by atoms with Gasteiger partial charge in [-0.1, -0.05) is 41.9 Å². The van der Waals surface area contributed by atoms with Gasteiger partial charge in [-0.2, -0.15) is 5.26 Å². The van der Waals surface area contributed by atoms with E-state index in [0.717, 1.165) is 5.01 Å². The van der Waals surface area contributed by atoms with Crippen LogP contribution in [-0.2, 0) is 20.8 Å². The van der Waals surface area contributed by atoms with Crippen LogP contribution in [0.5, 0.6) is 0 Å². The molecule has 0 heterocycles. The van der Waals surface area contributed by atoms with Gasteiger partial charge >= 0.3 is 11.9 Å². The average molecular weight is 491 g/mol. The summed E-state index contributed by atoms with van der Waals surface area (Å²) in [6.45, 7) is 0. The van der Waals surface area contributed by atoms with Crippen molar-refractivity contribution in [3.8, 4) is 6.07 Å². The molecule has 0 saturated heterocycles. The summed E-state index contributed by atoms with van der Waals surface area (Å²) in [5, 5.41) is 21.9. The molecule has 0 fully saturated rings. The Hall–Kier alpha value is -4.68. The number of carbonyl (C=O) groups is 4. The van der Waals surface area contributed by atoms with E-state index in [4.69, 9.17) is 16.7 Å². The second kappa shape index (κ2) is 11.4. The summed E-state index contributed by atoms with van der Waals surface area (Å²) in [6, 6.07) is 19.4. The summed E-state index contributed by atoms with van der Waals surface area (Å²) in [5.41, 5.74) is 4.15. The van der Waals surface area contributed by atoms with Crippen LogP contribution >= 0.6 is 11.6 Å². The van der Waals surface area contributed by atoms with Gasteiger partial charge in [0.1, 0.15) is 6.04 Å². The third kappa shape index (κ3) is 6.43. The van der Waals surface area contributed by atoms with Gasteiger partial charge in [-0.3, -0.25) is 19.8 Å². The van der Waals surface area contributed by atoms with Crippen molar-refractivity contribution in [3.05, 3.63) is 94.5 Å². The van der Waals surface area contributed by atoms with Gasteiger partial charge in [0, 0.05) is 12.1 Å². The van der Waals surface area contributed by atoms with Crippen LogP contribution in [0, 0.1) is 11.3 Å². The first-order chi connectivity index (χ1) is 16.8. The Balaban J connectivity index is 1.97. The van der Waals surface area contributed by atoms with Crippen molar-refractivity contribution in [2.45, 2.75) is 12.5 Å². The number of carboxylic acids is 1. The van der Waals surface area contributed by atoms with Crippen molar-refractivity contribution in [2.24, 2.45) is 0 Å². The van der Waals surface area contributed by atoms with E-state index in [-0.39, 0.29) is 34.5 Å². The molecule has 1 unspecified atom stereocenters. The number of nitrogens with one attached hydrogen (secondary N) is 2. The number of rotatable bonds is 9. The Kier molecular flexibility index (Phi) is 8.16. The minimum absolute atomic E-state index is 0.0298. The molecule has 0 aliphatic rings. The lowest BCUT2D eigenvalue weighted by Crippen LogP contribution is -2.52. The van der Waals surface area contributed by atoms with Gasteiger partial charge in [-0.05, 0) is 48.0 Å². The molecule has 0 radical (unpaired) electrons. The predicted molar refractivity (Wildman–Crippen MR) is 129 cm³/mol. The maximum atomic E-state index is 13.3. The topological polar surface area (TPSA) is 140 Å². The predicted octanol–water partition coefficient (Wildman–Crippen LogP) is 3.51. The van der Waals surface area contributed by atoms with Crippen LogP contribution < -0.4 is 10.7 Å². The van der Waals surface area contributed by atoms with Gasteiger partial charge in [-0.15, -0.1) is 0 Å². The fraction of sp³-hybridized carbons (Fsp3) is 0.0800. The van der Waals surface area contributed by atoms with E-state index in [1.165, 1.54) is 42.5 Å². The first kappa shape index (κ1) is 25.0. The lowest BCUT2D eigenvalue weighted by molar-refractivity contribution is -0.141. The Morgan fingerprint density at radius 3 is 2.34 bits per heavy atom. The molecule has 0 bridgehead atoms. The monoisotopic (exact) mass is 490 g/mol. The van der Waals surface area contributed by atoms with Crippen molar-refractivity contribution < 1.29 is 24.3 Å². The molecule has 10 heteroatoms. The van der Waals surface area contributed by atoms with E-state index in [2.05, 4.69) is 10.7 Å². The van der Waals surface area contributed by atoms with Crippen molar-refractivity contribution in [1.82, 2.24) is 5.01 Å². The molecule has 3 N–H and O–H groups in total. The Morgan fingerprint density at radius 2 is 1.74 bits per heavy atom. The van der Waals surface area contributed by atoms with Crippen LogP contribution in [0.1, 0.15) is 21.5 Å². The maximum absolute atomic E-state index is 13.3. The molecule has 0 spiro atoms. The average Bonchev–Trinajstić information content (AvgIpc) is 2.87. The number of anilines is 2. The maximum Gasteiger partial charge on any atom is 0.335 e. The summed E-state index contributed by atoms with van der Waals surface area (Å²) in [5.74, 6) is -2.80. The SMILES string of the molecule is N#Cc1ccc(Cl)c(NN(C(=O)C=O)C(Cc2ccccc2)C(=O)Nc2ccc(C(=O)O)cc2)c1. The number of benzene rings is 3. The van der Waals surface area contributed by atoms with Crippen molar-refractivity contribution in [2.75, 3.05) is 10.7 Å². The fourth-order valence-corrected chi connectivity index (χ4v) is 3.37. The second-order valence-electron chi connectivity index (χ2n) is 7.32. The van der Waals surface area contributed by atoms with Crippen LogP contribution in [-0.4, -0.2) is 40.2 Å². The lowest BCUT2D eigenvalue weighted by Gasteiger charge is -2.31. The lowest BCUT2D eigenvalue weighted by atomic mass is 10.0. The van der Waals surface area contributed by atoms with Crippen molar-refractivity contribution >= 4 is 47.0 Å². The van der Waals surface area contributed by atoms with Crippen LogP contribution in [0.3, 0.4) is 0 Å². The zero-order chi connectivity index (χ0) is 25.4. The molecule has 35 heavy (non-hydrogen) atoms. The minimum Gasteiger partial charge on any atom is -0.478 e. The number of nitrogens with zero attached hydrogens (tertiary/aromatic N) is 2. The highest BCUT2D eigenvalue weighted by Crippen LogP contribution is 2.25. The number of amides is 2. The number of aromatic carboxylic acids is 1. The molecule has 3 aromatic carbocycles. The third-order valence-electron chi connectivity index (χ3n) is 4.96. The van der Waals surface area contributed by atoms with Gasteiger partial charge in [0.2, 0.25) is 12.2 Å². The van der Waals surface area contributed by atoms with E-state index in [0.29, 0.717) is 11.3 Å². The van der Waals surface area contributed by atoms with Crippen LogP contribution in [0.2, 0.25) is 5.02 Å². The summed E-state index contributed by atoms with van der Waals surface area (Å²) < 4.78 is 0. The fourth-order valence-electron chi connectivity index (χ4n) is 3.21. The standard InChI is InChI=1S/C25H19ClN4O5/c26-20-11-6-17(14-27)12-21(20)29-30(23(32)15-31)22(13-16-4-2-1-3-5-16)24(33)28-19-9-7-18(8-10-19)25(34)35/h1-12,15,22,29H,13H2,(H,28,33)(H,34,35). The highest BCUT2D eigenvalue weighted by Gasteiger charge is 2.31. The summed E-state index contributed by atoms with van der Waals surface area (Å²) >= 11 is 6.21. The number of hydrazine groups is 1. The molecular weight excluding hydrogens is 472 g/mol. The molecule has 0 aliphatic heterocycles. The van der Waals surface area contributed by atoms with E-state index in [1.807, 2.05) is 6.07 Å². The summed E-state index contributed by atoms with van der Waals surface area (Å²) in [6.07, 6.45) is 0.0873. The minimum atomic E-state index is -1.23. The second-order valence-corrected chi connectivity index (χ2v) is 7.73. The van der Waals surface area contributed by atoms with Crippen LogP contribution in [0.4, 0.5) is 11.4 Å². The highest BCUT2D eigenvalue weighted by molar-refractivity contribution is 6.33. The Morgan fingerprint density at radius 1 is 1.06 bits per heavy atom. The Bertz CT molecular complexity index is 1290. The molecule has 0 aliphatic carbocycles. The molecule has 1 atom stereocenters. The number of halogens is 1. The molecular formula is C25H19ClN4O5. The Labute approximate surface area is 205 Å². The smallest absolute Gasteiger partial charge is 0.335 e. The number of carbonyl (C=O) groups excluding carboxylic acids is 3. The molecule has 0 saturated carbocycles. The molecule has 3 aromatic rings. The van der Waals surface area contributed by atoms with E-state index in [1.54, 1.807) is 30.3 Å². The zero-order valence-electron chi connectivity index (χ0n) is 18.1. The van der Waals surface area contributed by atoms with Gasteiger partial charge in [0.25, 0.3) is 0 Å². The number of carboxylic acid groups (broad SMARTS) is 1.